The Morgan fingerprint density at radius 1 is 1.43 bits per heavy atom. The summed E-state index contributed by atoms with van der Waals surface area (Å²) >= 11 is 0. The number of carbonyl (C=O) groups excluding carboxylic acids is 2. The Bertz CT molecular complexity index is 755. The SMILES string of the molecule is CCc1nc2n(n1)[C@H](CC(=O)Nc1ccccc1OC)C(=O)N2. The first-order valence-electron chi connectivity index (χ1n) is 7.31. The first-order valence-corrected chi connectivity index (χ1v) is 7.31. The lowest BCUT2D eigenvalue weighted by molar-refractivity contribution is -0.123. The van der Waals surface area contributed by atoms with Crippen LogP contribution in [0.2, 0.25) is 0 Å². The number of methoxy groups -OCH3 is 1. The van der Waals surface area contributed by atoms with Gasteiger partial charge in [-0.1, -0.05) is 19.1 Å². The molecule has 8 nitrogen and oxygen atoms in total. The molecule has 3 rings (SSSR count). The summed E-state index contributed by atoms with van der Waals surface area (Å²) in [5, 5.41) is 9.65. The molecule has 0 aliphatic carbocycles. The van der Waals surface area contributed by atoms with E-state index in [1.807, 2.05) is 13.0 Å². The van der Waals surface area contributed by atoms with Gasteiger partial charge in [0, 0.05) is 6.42 Å². The van der Waals surface area contributed by atoms with Crippen molar-refractivity contribution in [2.24, 2.45) is 0 Å². The standard InChI is InChI=1S/C15H17N5O3/c1-3-12-17-15-18-14(22)10(20(15)19-12)8-13(21)16-9-6-4-5-7-11(9)23-2/h4-7,10H,3,8H2,1-2H3,(H,16,21)(H,17,18,19,22)/t10-/m1/s1. The number of ether oxygens (including phenoxy) is 1. The maximum Gasteiger partial charge on any atom is 0.252 e. The summed E-state index contributed by atoms with van der Waals surface area (Å²) in [6, 6.07) is 6.41. The third-order valence-electron chi connectivity index (χ3n) is 3.58. The van der Waals surface area contributed by atoms with Crippen molar-refractivity contribution < 1.29 is 14.3 Å². The number of anilines is 2. The van der Waals surface area contributed by atoms with Crippen LogP contribution >= 0.6 is 0 Å². The molecular formula is C15H17N5O3. The fraction of sp³-hybridized carbons (Fsp3) is 0.333. The Kier molecular flexibility index (Phi) is 3.96. The van der Waals surface area contributed by atoms with Gasteiger partial charge in [-0.3, -0.25) is 14.9 Å². The highest BCUT2D eigenvalue weighted by Gasteiger charge is 2.34. The maximum absolute atomic E-state index is 12.3. The molecule has 120 valence electrons. The predicted octanol–water partition coefficient (Wildman–Crippen LogP) is 1.37. The number of fused-ring (bicyclic) bond motifs is 1. The molecular weight excluding hydrogens is 298 g/mol. The van der Waals surface area contributed by atoms with Crippen molar-refractivity contribution in [2.45, 2.75) is 25.8 Å². The lowest BCUT2D eigenvalue weighted by Gasteiger charge is -2.12. The van der Waals surface area contributed by atoms with Crippen molar-refractivity contribution in [3.8, 4) is 5.75 Å². The van der Waals surface area contributed by atoms with E-state index in [0.29, 0.717) is 29.6 Å². The van der Waals surface area contributed by atoms with E-state index in [1.165, 1.54) is 11.8 Å². The second kappa shape index (κ2) is 6.07. The van der Waals surface area contributed by atoms with Crippen molar-refractivity contribution in [2.75, 3.05) is 17.7 Å². The van der Waals surface area contributed by atoms with Crippen molar-refractivity contribution in [1.82, 2.24) is 14.8 Å². The van der Waals surface area contributed by atoms with Gasteiger partial charge < -0.3 is 10.1 Å². The molecule has 1 atom stereocenters. The summed E-state index contributed by atoms with van der Waals surface area (Å²) in [4.78, 5) is 28.4. The molecule has 0 bridgehead atoms. The van der Waals surface area contributed by atoms with E-state index in [9.17, 15) is 9.59 Å². The number of para-hydroxylation sites is 2. The van der Waals surface area contributed by atoms with E-state index in [4.69, 9.17) is 4.74 Å². The lowest BCUT2D eigenvalue weighted by atomic mass is 10.2. The molecule has 1 aliphatic rings. The quantitative estimate of drug-likeness (QED) is 0.868. The Balaban J connectivity index is 1.73. The van der Waals surface area contributed by atoms with Crippen LogP contribution in [0.25, 0.3) is 0 Å². The molecule has 2 amide bonds. The van der Waals surface area contributed by atoms with Crippen molar-refractivity contribution in [3.63, 3.8) is 0 Å². The second-order valence-electron chi connectivity index (χ2n) is 5.11. The molecule has 0 unspecified atom stereocenters. The van der Waals surface area contributed by atoms with Crippen molar-refractivity contribution >= 4 is 23.5 Å². The van der Waals surface area contributed by atoms with E-state index in [0.717, 1.165) is 0 Å². The Morgan fingerprint density at radius 2 is 2.22 bits per heavy atom. The molecule has 8 heteroatoms. The Labute approximate surface area is 132 Å². The van der Waals surface area contributed by atoms with Crippen LogP contribution in [0.15, 0.2) is 24.3 Å². The summed E-state index contributed by atoms with van der Waals surface area (Å²) in [5.74, 6) is 1.01. The Morgan fingerprint density at radius 3 is 2.96 bits per heavy atom. The van der Waals surface area contributed by atoms with Crippen LogP contribution in [0.1, 0.15) is 25.2 Å². The van der Waals surface area contributed by atoms with Crippen LogP contribution in [0.3, 0.4) is 0 Å². The first-order chi connectivity index (χ1) is 11.1. The largest absolute Gasteiger partial charge is 0.495 e. The van der Waals surface area contributed by atoms with Crippen LogP contribution < -0.4 is 15.4 Å². The van der Waals surface area contributed by atoms with Gasteiger partial charge in [-0.2, -0.15) is 10.1 Å². The predicted molar refractivity (Wildman–Crippen MR) is 83.3 cm³/mol. The van der Waals surface area contributed by atoms with Gasteiger partial charge in [-0.15, -0.1) is 0 Å². The highest BCUT2D eigenvalue weighted by Crippen LogP contribution is 2.27. The van der Waals surface area contributed by atoms with E-state index < -0.39 is 6.04 Å². The average Bonchev–Trinajstić information content (AvgIpc) is 3.06. The molecule has 0 radical (unpaired) electrons. The van der Waals surface area contributed by atoms with Gasteiger partial charge >= 0.3 is 0 Å². The number of rotatable bonds is 5. The number of hydrogen-bond donors (Lipinski definition) is 2. The minimum absolute atomic E-state index is 0.0244. The summed E-state index contributed by atoms with van der Waals surface area (Å²) in [6.07, 6.45) is 0.638. The van der Waals surface area contributed by atoms with E-state index in [2.05, 4.69) is 20.7 Å². The monoisotopic (exact) mass is 315 g/mol. The fourth-order valence-corrected chi connectivity index (χ4v) is 2.43. The topological polar surface area (TPSA) is 98.1 Å². The molecule has 2 aromatic rings. The highest BCUT2D eigenvalue weighted by atomic mass is 16.5. The van der Waals surface area contributed by atoms with Gasteiger partial charge in [0.2, 0.25) is 11.9 Å². The number of hydrogen-bond acceptors (Lipinski definition) is 5. The number of carbonyl (C=O) groups is 2. The molecule has 1 aromatic carbocycles. The van der Waals surface area contributed by atoms with Gasteiger partial charge in [-0.05, 0) is 12.1 Å². The number of amides is 2. The maximum atomic E-state index is 12.3. The summed E-state index contributed by atoms with van der Waals surface area (Å²) in [5.41, 5.74) is 0.562. The summed E-state index contributed by atoms with van der Waals surface area (Å²) in [6.45, 7) is 1.93. The lowest BCUT2D eigenvalue weighted by Crippen LogP contribution is -2.24. The zero-order valence-corrected chi connectivity index (χ0v) is 12.9. The van der Waals surface area contributed by atoms with Gasteiger partial charge in [0.15, 0.2) is 5.82 Å². The summed E-state index contributed by atoms with van der Waals surface area (Å²) < 4.78 is 6.67. The number of nitrogens with one attached hydrogen (secondary N) is 2. The van der Waals surface area contributed by atoms with E-state index in [1.54, 1.807) is 18.2 Å². The Hall–Kier alpha value is -2.90. The average molecular weight is 315 g/mol. The number of benzene rings is 1. The smallest absolute Gasteiger partial charge is 0.252 e. The van der Waals surface area contributed by atoms with Crippen molar-refractivity contribution in [1.29, 1.82) is 0 Å². The molecule has 2 N–H and O–H groups in total. The third-order valence-corrected chi connectivity index (χ3v) is 3.58. The number of aryl methyl sites for hydroxylation is 1. The third kappa shape index (κ3) is 2.87. The van der Waals surface area contributed by atoms with Crippen LogP contribution in [0.4, 0.5) is 11.6 Å². The zero-order chi connectivity index (χ0) is 16.4. The van der Waals surface area contributed by atoms with Crippen LogP contribution in [0.5, 0.6) is 5.75 Å². The van der Waals surface area contributed by atoms with Crippen LogP contribution in [-0.2, 0) is 16.0 Å². The normalized spacial score (nSPS) is 15.9. The fourth-order valence-electron chi connectivity index (χ4n) is 2.43. The molecule has 1 aliphatic heterocycles. The molecule has 0 saturated heterocycles. The molecule has 0 spiro atoms. The van der Waals surface area contributed by atoms with Gasteiger partial charge in [0.05, 0.1) is 19.2 Å². The van der Waals surface area contributed by atoms with Gasteiger partial charge in [0.25, 0.3) is 5.91 Å². The summed E-state index contributed by atoms with van der Waals surface area (Å²) in [7, 11) is 1.53. The van der Waals surface area contributed by atoms with E-state index in [-0.39, 0.29) is 18.2 Å². The second-order valence-corrected chi connectivity index (χ2v) is 5.11. The molecule has 0 fully saturated rings. The van der Waals surface area contributed by atoms with Crippen LogP contribution in [-0.4, -0.2) is 33.7 Å². The molecule has 2 heterocycles. The van der Waals surface area contributed by atoms with Crippen LogP contribution in [0, 0.1) is 0 Å². The highest BCUT2D eigenvalue weighted by molar-refractivity contribution is 6.01. The first kappa shape index (κ1) is 15.0. The zero-order valence-electron chi connectivity index (χ0n) is 12.9. The molecule has 1 aromatic heterocycles. The molecule has 0 saturated carbocycles. The van der Waals surface area contributed by atoms with E-state index >= 15 is 0 Å². The van der Waals surface area contributed by atoms with Gasteiger partial charge in [0.1, 0.15) is 11.8 Å². The minimum atomic E-state index is -0.687. The van der Waals surface area contributed by atoms with Crippen molar-refractivity contribution in [3.05, 3.63) is 30.1 Å². The number of nitrogens with zero attached hydrogens (tertiary/aromatic N) is 3. The number of aromatic nitrogens is 3. The molecule has 23 heavy (non-hydrogen) atoms. The van der Waals surface area contributed by atoms with Gasteiger partial charge in [-0.25, -0.2) is 4.68 Å². The minimum Gasteiger partial charge on any atom is -0.495 e.